The van der Waals surface area contributed by atoms with Crippen LogP contribution in [0.1, 0.15) is 22.3 Å². The summed E-state index contributed by atoms with van der Waals surface area (Å²) in [5.41, 5.74) is 0.787. The molecule has 43 heavy (non-hydrogen) atoms. The topological polar surface area (TPSA) is 133 Å². The largest absolute Gasteiger partial charge is 0.496 e. The summed E-state index contributed by atoms with van der Waals surface area (Å²) >= 11 is 0. The van der Waals surface area contributed by atoms with Crippen LogP contribution >= 0.6 is 0 Å². The maximum absolute atomic E-state index is 14.3. The number of aromatic nitrogens is 4. The number of rotatable bonds is 3. The molecule has 0 aliphatic rings. The highest BCUT2D eigenvalue weighted by Gasteiger charge is 2.19. The summed E-state index contributed by atoms with van der Waals surface area (Å²) in [5, 5.41) is 1.20. The number of carbonyl (C=O) groups excluding carboxylic acids is 2. The Morgan fingerprint density at radius 3 is 2.02 bits per heavy atom. The lowest BCUT2D eigenvalue weighted by atomic mass is 10.1. The van der Waals surface area contributed by atoms with Crippen LogP contribution in [-0.4, -0.2) is 60.4 Å². The van der Waals surface area contributed by atoms with Crippen LogP contribution in [0, 0.1) is 11.6 Å². The second-order valence-corrected chi connectivity index (χ2v) is 8.58. The Morgan fingerprint density at radius 2 is 1.42 bits per heavy atom. The van der Waals surface area contributed by atoms with E-state index in [0.29, 0.717) is 21.8 Å². The fourth-order valence-corrected chi connectivity index (χ4v) is 4.38. The van der Waals surface area contributed by atoms with Gasteiger partial charge in [-0.2, -0.15) is 0 Å². The van der Waals surface area contributed by atoms with E-state index in [9.17, 15) is 27.6 Å². The number of hydrogen-bond acceptors (Lipinski definition) is 9. The van der Waals surface area contributed by atoms with Gasteiger partial charge in [0.15, 0.2) is 11.1 Å². The van der Waals surface area contributed by atoms with Crippen LogP contribution in [-0.2, 0) is 9.47 Å². The molecule has 13 heteroatoms. The summed E-state index contributed by atoms with van der Waals surface area (Å²) in [5.74, 6) is -2.24. The zero-order chi connectivity index (χ0) is 32.0. The number of carbonyl (C=O) groups is 2. The first-order chi connectivity index (χ1) is 21.2. The smallest absolute Gasteiger partial charge is 0.356 e. The molecule has 1 N–H and O–H groups in total. The molecule has 0 unspecified atom stereocenters. The maximum atomic E-state index is 14.3. The molecular formula is C30H23F3N4O6. The normalized spacial score (nSPS) is 10.8. The first-order valence-corrected chi connectivity index (χ1v) is 12.2. The summed E-state index contributed by atoms with van der Waals surface area (Å²) in [6.45, 7) is 0. The zero-order valence-electron chi connectivity index (χ0n) is 23.9. The molecular weight excluding hydrogens is 569 g/mol. The number of fused-ring (bicyclic) bond motifs is 6. The summed E-state index contributed by atoms with van der Waals surface area (Å²) in [6, 6.07) is 11.8. The third-order valence-electron chi connectivity index (χ3n) is 6.22. The van der Waals surface area contributed by atoms with Gasteiger partial charge in [0.25, 0.3) is 0 Å². The second-order valence-electron chi connectivity index (χ2n) is 8.58. The molecule has 0 saturated carbocycles. The van der Waals surface area contributed by atoms with Crippen molar-refractivity contribution in [2.45, 2.75) is 0 Å². The maximum Gasteiger partial charge on any atom is 0.356 e. The average Bonchev–Trinajstić information content (AvgIpc) is 3.03. The van der Waals surface area contributed by atoms with E-state index in [-0.39, 0.29) is 38.9 Å². The van der Waals surface area contributed by atoms with Gasteiger partial charge >= 0.3 is 11.9 Å². The van der Waals surface area contributed by atoms with Gasteiger partial charge in [-0.1, -0.05) is 12.1 Å². The molecule has 0 amide bonds. The van der Waals surface area contributed by atoms with Gasteiger partial charge < -0.3 is 19.2 Å². The van der Waals surface area contributed by atoms with Gasteiger partial charge in [-0.25, -0.2) is 23.4 Å². The molecule has 0 spiro atoms. The highest BCUT2D eigenvalue weighted by atomic mass is 19.1. The Balaban J connectivity index is 0.000000185. The number of pyridine rings is 4. The first kappa shape index (κ1) is 28.9. The lowest BCUT2D eigenvalue weighted by molar-refractivity contribution is 0.0585. The number of nitrogens with zero attached hydrogens (tertiary/aromatic N) is 3. The summed E-state index contributed by atoms with van der Waals surface area (Å²) in [7, 11) is 2.85. The van der Waals surface area contributed by atoms with E-state index < -0.39 is 36.2 Å². The molecule has 0 radical (unpaired) electrons. The standard InChI is InChI=1S/C15H11FN2O3.C14H9FN2O3.CH3F/c1-20-11-7-10(15(19)21-2)18-14-12(11)9(16)6-8-4-3-5-17-13(8)14;1-20-14(19)9-6-10(18)11-8(15)5-7-3-2-4-16-12(7)13(11)17-9;1-2/h3-7H,1-2H3;2-6H,1H3,(H,17,18);1H3/i;;1D. The third-order valence-corrected chi connectivity index (χ3v) is 6.22. The Kier molecular flexibility index (Phi) is 8.70. The molecule has 4 aromatic heterocycles. The van der Waals surface area contributed by atoms with Crippen LogP contribution in [0.4, 0.5) is 13.2 Å². The highest BCUT2D eigenvalue weighted by Crippen LogP contribution is 2.32. The van der Waals surface area contributed by atoms with Crippen molar-refractivity contribution in [3.63, 3.8) is 0 Å². The monoisotopic (exact) mass is 593 g/mol. The van der Waals surface area contributed by atoms with E-state index in [1.54, 1.807) is 30.5 Å². The zero-order valence-corrected chi connectivity index (χ0v) is 22.9. The molecule has 0 aliphatic heterocycles. The molecule has 0 atom stereocenters. The van der Waals surface area contributed by atoms with E-state index in [0.717, 1.165) is 6.07 Å². The number of esters is 2. The van der Waals surface area contributed by atoms with Gasteiger partial charge in [-0.05, 0) is 24.3 Å². The van der Waals surface area contributed by atoms with Gasteiger partial charge in [0.05, 0.1) is 57.2 Å². The van der Waals surface area contributed by atoms with Gasteiger partial charge in [0.2, 0.25) is 0 Å². The average molecular weight is 594 g/mol. The van der Waals surface area contributed by atoms with E-state index in [1.807, 2.05) is 0 Å². The quantitative estimate of drug-likeness (QED) is 0.214. The molecule has 0 saturated heterocycles. The molecule has 0 aliphatic carbocycles. The highest BCUT2D eigenvalue weighted by molar-refractivity contribution is 6.07. The van der Waals surface area contributed by atoms with Crippen molar-refractivity contribution in [2.75, 3.05) is 28.5 Å². The van der Waals surface area contributed by atoms with E-state index in [1.165, 1.54) is 45.7 Å². The van der Waals surface area contributed by atoms with Crippen LogP contribution in [0.25, 0.3) is 43.6 Å². The van der Waals surface area contributed by atoms with Crippen molar-refractivity contribution in [2.24, 2.45) is 0 Å². The van der Waals surface area contributed by atoms with Crippen molar-refractivity contribution in [3.8, 4) is 5.75 Å². The summed E-state index contributed by atoms with van der Waals surface area (Å²) < 4.78 is 58.2. The van der Waals surface area contributed by atoms with Crippen LogP contribution in [0.5, 0.6) is 5.75 Å². The minimum Gasteiger partial charge on any atom is -0.496 e. The molecule has 10 nitrogen and oxygen atoms in total. The molecule has 0 bridgehead atoms. The Hall–Kier alpha value is -5.59. The van der Waals surface area contributed by atoms with Crippen LogP contribution < -0.4 is 10.2 Å². The van der Waals surface area contributed by atoms with Crippen molar-refractivity contribution in [3.05, 3.63) is 94.2 Å². The number of H-pyrrole nitrogens is 1. The number of ether oxygens (including phenoxy) is 3. The Bertz CT molecular complexity index is 2090. The lowest BCUT2D eigenvalue weighted by Crippen LogP contribution is -2.12. The minimum atomic E-state index is -1.00. The number of aromatic amines is 1. The predicted octanol–water partition coefficient (Wildman–Crippen LogP) is 5.31. The number of benzene rings is 2. The molecule has 4 heterocycles. The number of halogens is 3. The molecule has 220 valence electrons. The number of nitrogens with one attached hydrogen (secondary N) is 1. The number of hydrogen-bond donors (Lipinski definition) is 1. The fraction of sp³-hybridized carbons (Fsp3) is 0.133. The number of methoxy groups -OCH3 is 3. The number of alkyl halides is 1. The third kappa shape index (κ3) is 5.77. The fourth-order valence-electron chi connectivity index (χ4n) is 4.38. The second kappa shape index (κ2) is 12.9. The Morgan fingerprint density at radius 1 is 0.837 bits per heavy atom. The van der Waals surface area contributed by atoms with Gasteiger partial charge in [0, 0.05) is 35.3 Å². The van der Waals surface area contributed by atoms with Crippen molar-refractivity contribution < 1.29 is 38.3 Å². The molecule has 0 fully saturated rings. The van der Waals surface area contributed by atoms with E-state index in [4.69, 9.17) is 6.11 Å². The predicted molar refractivity (Wildman–Crippen MR) is 153 cm³/mol. The Labute approximate surface area is 242 Å². The van der Waals surface area contributed by atoms with Crippen LogP contribution in [0.2, 0.25) is 0 Å². The van der Waals surface area contributed by atoms with E-state index in [2.05, 4.69) is 29.4 Å². The van der Waals surface area contributed by atoms with Crippen LogP contribution in [0.15, 0.2) is 65.7 Å². The van der Waals surface area contributed by atoms with Crippen LogP contribution in [0.3, 0.4) is 0 Å². The lowest BCUT2D eigenvalue weighted by Gasteiger charge is -2.10. The van der Waals surface area contributed by atoms with Gasteiger partial charge in [-0.3, -0.25) is 19.2 Å². The van der Waals surface area contributed by atoms with Crippen molar-refractivity contribution in [1.29, 1.82) is 0 Å². The minimum absolute atomic E-state index is 0.0393. The first-order valence-electron chi connectivity index (χ1n) is 12.9. The summed E-state index contributed by atoms with van der Waals surface area (Å²) in [4.78, 5) is 50.5. The SMILES string of the molecule is COC(=O)c1cc(=O)c2c(F)cc3cccnc3c2[nH]1.COC(=O)c1cc(OC)c2c(F)cc3cccnc3c2n1.[2H]CF. The van der Waals surface area contributed by atoms with Crippen molar-refractivity contribution in [1.82, 2.24) is 19.9 Å². The summed E-state index contributed by atoms with van der Waals surface area (Å²) in [6.07, 6.45) is 3.11. The van der Waals surface area contributed by atoms with Gasteiger partial charge in [-0.15, -0.1) is 0 Å². The van der Waals surface area contributed by atoms with Gasteiger partial charge in [0.1, 0.15) is 28.6 Å². The van der Waals surface area contributed by atoms with Crippen molar-refractivity contribution >= 4 is 55.6 Å². The molecule has 6 rings (SSSR count). The molecule has 6 aromatic rings. The van der Waals surface area contributed by atoms with E-state index >= 15 is 0 Å². The molecule has 2 aromatic carbocycles.